The first-order valence-electron chi connectivity index (χ1n) is 8.05. The fourth-order valence-electron chi connectivity index (χ4n) is 2.74. The molecule has 0 atom stereocenters. The van der Waals surface area contributed by atoms with Crippen LogP contribution in [-0.2, 0) is 24.2 Å². The largest absolute Gasteiger partial charge is 0.480 e. The molecule has 0 aliphatic rings. The Morgan fingerprint density at radius 1 is 0.960 bits per heavy atom. The number of carbonyl (C=O) groups is 1. The van der Waals surface area contributed by atoms with Crippen LogP contribution in [0, 0.1) is 0 Å². The lowest BCUT2D eigenvalue weighted by molar-refractivity contribution is -0.137. The number of carboxylic acid groups (broad SMARTS) is 1. The molecule has 126 valence electrons. The summed E-state index contributed by atoms with van der Waals surface area (Å²) in [6.07, 6.45) is 2.73. The molecule has 0 saturated carbocycles. The van der Waals surface area contributed by atoms with E-state index in [1.807, 2.05) is 60.7 Å². The monoisotopic (exact) mass is 334 g/mol. The van der Waals surface area contributed by atoms with Crippen molar-refractivity contribution in [2.45, 2.75) is 19.4 Å². The van der Waals surface area contributed by atoms with E-state index >= 15 is 0 Å². The normalized spacial score (nSPS) is 10.6. The van der Waals surface area contributed by atoms with Crippen molar-refractivity contribution in [3.63, 3.8) is 0 Å². The van der Waals surface area contributed by atoms with Gasteiger partial charge in [0.1, 0.15) is 12.2 Å². The Balaban J connectivity index is 1.96. The van der Waals surface area contributed by atoms with Crippen molar-refractivity contribution in [3.8, 4) is 11.3 Å². The molecule has 25 heavy (non-hydrogen) atoms. The van der Waals surface area contributed by atoms with E-state index < -0.39 is 5.97 Å². The van der Waals surface area contributed by atoms with Crippen LogP contribution >= 0.6 is 0 Å². The van der Waals surface area contributed by atoms with E-state index in [0.717, 1.165) is 11.1 Å². The van der Waals surface area contributed by atoms with E-state index in [4.69, 9.17) is 0 Å². The molecule has 0 aliphatic heterocycles. The van der Waals surface area contributed by atoms with E-state index in [0.29, 0.717) is 24.2 Å². The van der Waals surface area contributed by atoms with Crippen LogP contribution in [0.3, 0.4) is 0 Å². The molecule has 0 spiro atoms. The number of nitrogens with zero attached hydrogens (tertiary/aromatic N) is 2. The van der Waals surface area contributed by atoms with Crippen LogP contribution < -0.4 is 5.56 Å². The van der Waals surface area contributed by atoms with Crippen LogP contribution in [0.4, 0.5) is 0 Å². The quantitative estimate of drug-likeness (QED) is 0.752. The predicted molar refractivity (Wildman–Crippen MR) is 95.4 cm³/mol. The van der Waals surface area contributed by atoms with Gasteiger partial charge in [0.2, 0.25) is 0 Å². The molecule has 0 radical (unpaired) electrons. The lowest BCUT2D eigenvalue weighted by Gasteiger charge is -2.12. The highest BCUT2D eigenvalue weighted by Gasteiger charge is 2.14. The average molecular weight is 334 g/mol. The van der Waals surface area contributed by atoms with Gasteiger partial charge >= 0.3 is 5.97 Å². The molecule has 1 aromatic heterocycles. The molecular weight excluding hydrogens is 316 g/mol. The van der Waals surface area contributed by atoms with Crippen molar-refractivity contribution in [1.29, 1.82) is 0 Å². The number of hydrogen-bond acceptors (Lipinski definition) is 3. The van der Waals surface area contributed by atoms with Crippen LogP contribution in [0.25, 0.3) is 11.3 Å². The Bertz CT molecular complexity index is 919. The average Bonchev–Trinajstić information content (AvgIpc) is 2.63. The molecule has 3 aromatic rings. The molecular formula is C20H18N2O3. The number of aryl methyl sites for hydroxylation is 2. The first-order valence-corrected chi connectivity index (χ1v) is 8.05. The van der Waals surface area contributed by atoms with Gasteiger partial charge in [0.25, 0.3) is 5.56 Å². The third-order valence-corrected chi connectivity index (χ3v) is 3.98. The van der Waals surface area contributed by atoms with Gasteiger partial charge in [0, 0.05) is 0 Å². The number of aliphatic carboxylic acids is 1. The number of aromatic nitrogens is 2. The molecule has 0 saturated heterocycles. The smallest absolute Gasteiger partial charge is 0.323 e. The summed E-state index contributed by atoms with van der Waals surface area (Å²) in [5.74, 6) is -1.06. The van der Waals surface area contributed by atoms with Gasteiger partial charge in [-0.1, -0.05) is 60.7 Å². The van der Waals surface area contributed by atoms with E-state index in [2.05, 4.69) is 4.98 Å². The van der Waals surface area contributed by atoms with Gasteiger partial charge in [-0.2, -0.15) is 0 Å². The lowest BCUT2D eigenvalue weighted by Crippen LogP contribution is -2.29. The SMILES string of the molecule is O=C(O)Cn1c(-c2ccccc2)cnc(CCc2ccccc2)c1=O. The maximum absolute atomic E-state index is 12.8. The maximum atomic E-state index is 12.8. The standard InChI is InChI=1S/C20H18N2O3/c23-19(24)14-22-18(16-9-5-2-6-10-16)13-21-17(20(22)25)12-11-15-7-3-1-4-8-15/h1-10,13H,11-12,14H2,(H,23,24). The first kappa shape index (κ1) is 16.6. The Hall–Kier alpha value is -3.21. The van der Waals surface area contributed by atoms with E-state index in [1.54, 1.807) is 6.20 Å². The zero-order chi connectivity index (χ0) is 17.6. The summed E-state index contributed by atoms with van der Waals surface area (Å²) in [7, 11) is 0. The second-order valence-corrected chi connectivity index (χ2v) is 5.73. The van der Waals surface area contributed by atoms with Crippen molar-refractivity contribution in [2.75, 3.05) is 0 Å². The Labute approximate surface area is 145 Å². The molecule has 2 aromatic carbocycles. The van der Waals surface area contributed by atoms with Crippen molar-refractivity contribution < 1.29 is 9.90 Å². The summed E-state index contributed by atoms with van der Waals surface area (Å²) < 4.78 is 1.28. The van der Waals surface area contributed by atoms with E-state index in [-0.39, 0.29) is 12.1 Å². The molecule has 3 rings (SSSR count). The first-order chi connectivity index (χ1) is 12.1. The Kier molecular flexibility index (Phi) is 5.04. The number of benzene rings is 2. The summed E-state index contributed by atoms with van der Waals surface area (Å²) in [5, 5.41) is 9.18. The summed E-state index contributed by atoms with van der Waals surface area (Å²) in [5.41, 5.74) is 2.42. The maximum Gasteiger partial charge on any atom is 0.323 e. The van der Waals surface area contributed by atoms with Crippen molar-refractivity contribution in [3.05, 3.63) is 88.5 Å². The molecule has 0 fully saturated rings. The molecule has 5 nitrogen and oxygen atoms in total. The third kappa shape index (κ3) is 4.01. The number of rotatable bonds is 6. The van der Waals surface area contributed by atoms with Crippen LogP contribution in [0.5, 0.6) is 0 Å². The van der Waals surface area contributed by atoms with Crippen molar-refractivity contribution >= 4 is 5.97 Å². The van der Waals surface area contributed by atoms with Crippen molar-refractivity contribution in [2.24, 2.45) is 0 Å². The van der Waals surface area contributed by atoms with E-state index in [1.165, 1.54) is 4.57 Å². The van der Waals surface area contributed by atoms with Gasteiger partial charge in [0.05, 0.1) is 11.9 Å². The highest BCUT2D eigenvalue weighted by molar-refractivity contribution is 5.68. The number of hydrogen-bond donors (Lipinski definition) is 1. The van der Waals surface area contributed by atoms with Crippen LogP contribution in [0.15, 0.2) is 71.7 Å². The molecule has 1 heterocycles. The molecule has 0 unspecified atom stereocenters. The van der Waals surface area contributed by atoms with Crippen LogP contribution in [0.2, 0.25) is 0 Å². The van der Waals surface area contributed by atoms with E-state index in [9.17, 15) is 14.7 Å². The van der Waals surface area contributed by atoms with Crippen LogP contribution in [-0.4, -0.2) is 20.6 Å². The third-order valence-electron chi connectivity index (χ3n) is 3.98. The summed E-state index contributed by atoms with van der Waals surface area (Å²) in [6, 6.07) is 19.0. The topological polar surface area (TPSA) is 72.2 Å². The van der Waals surface area contributed by atoms with Gasteiger partial charge in [-0.25, -0.2) is 0 Å². The van der Waals surface area contributed by atoms with Gasteiger partial charge in [-0.3, -0.25) is 19.1 Å². The van der Waals surface area contributed by atoms with Gasteiger partial charge < -0.3 is 5.11 Å². The fourth-order valence-corrected chi connectivity index (χ4v) is 2.74. The highest BCUT2D eigenvalue weighted by atomic mass is 16.4. The fraction of sp³-hybridized carbons (Fsp3) is 0.150. The molecule has 0 aliphatic carbocycles. The zero-order valence-corrected chi connectivity index (χ0v) is 13.6. The van der Waals surface area contributed by atoms with Gasteiger partial charge in [-0.05, 0) is 24.0 Å². The molecule has 5 heteroatoms. The van der Waals surface area contributed by atoms with Crippen LogP contribution in [0.1, 0.15) is 11.3 Å². The van der Waals surface area contributed by atoms with Crippen molar-refractivity contribution in [1.82, 2.24) is 9.55 Å². The van der Waals surface area contributed by atoms with Gasteiger partial charge in [-0.15, -0.1) is 0 Å². The predicted octanol–water partition coefficient (Wildman–Crippen LogP) is 2.78. The minimum atomic E-state index is -1.06. The number of carboxylic acids is 1. The second kappa shape index (κ2) is 7.57. The summed E-state index contributed by atoms with van der Waals surface area (Å²) in [6.45, 7) is -0.385. The summed E-state index contributed by atoms with van der Waals surface area (Å²) in [4.78, 5) is 28.3. The summed E-state index contributed by atoms with van der Waals surface area (Å²) >= 11 is 0. The molecule has 0 amide bonds. The lowest BCUT2D eigenvalue weighted by atomic mass is 10.1. The molecule has 1 N–H and O–H groups in total. The Morgan fingerprint density at radius 3 is 2.24 bits per heavy atom. The minimum Gasteiger partial charge on any atom is -0.480 e. The Morgan fingerprint density at radius 2 is 1.60 bits per heavy atom. The molecule has 0 bridgehead atoms. The zero-order valence-electron chi connectivity index (χ0n) is 13.6. The highest BCUT2D eigenvalue weighted by Crippen LogP contribution is 2.17. The second-order valence-electron chi connectivity index (χ2n) is 5.73. The van der Waals surface area contributed by atoms with Gasteiger partial charge in [0.15, 0.2) is 0 Å². The minimum absolute atomic E-state index is 0.348.